The summed E-state index contributed by atoms with van der Waals surface area (Å²) in [5, 5.41) is 12.5. The molecule has 0 saturated carbocycles. The summed E-state index contributed by atoms with van der Waals surface area (Å²) < 4.78 is 6.37. The number of methoxy groups -OCH3 is 1. The molecular weight excluding hydrogens is 174 g/mol. The van der Waals surface area contributed by atoms with E-state index in [2.05, 4.69) is 5.10 Å². The molecule has 6 heteroatoms. The molecule has 0 amide bonds. The number of carboxylic acid groups (broad SMARTS) is 1. The fraction of sp³-hybridized carbons (Fsp3) is 0.429. The quantitative estimate of drug-likeness (QED) is 0.663. The Hall–Kier alpha value is -1.56. The number of hydrogen-bond acceptors (Lipinski definition) is 4. The lowest BCUT2D eigenvalue weighted by atomic mass is 10.2. The topological polar surface area (TPSA) is 90.4 Å². The third-order valence-corrected chi connectivity index (χ3v) is 1.71. The van der Waals surface area contributed by atoms with E-state index in [1.165, 1.54) is 18.0 Å². The van der Waals surface area contributed by atoms with Gasteiger partial charge in [0.25, 0.3) is 0 Å². The molecule has 13 heavy (non-hydrogen) atoms. The van der Waals surface area contributed by atoms with Crippen molar-refractivity contribution in [1.82, 2.24) is 9.78 Å². The zero-order valence-electron chi connectivity index (χ0n) is 7.39. The average molecular weight is 185 g/mol. The normalized spacial score (nSPS) is 12.5. The van der Waals surface area contributed by atoms with E-state index >= 15 is 0 Å². The maximum atomic E-state index is 10.6. The van der Waals surface area contributed by atoms with Gasteiger partial charge in [0, 0.05) is 7.05 Å². The summed E-state index contributed by atoms with van der Waals surface area (Å²) >= 11 is 0. The summed E-state index contributed by atoms with van der Waals surface area (Å²) in [6.45, 7) is 0. The monoisotopic (exact) mass is 185 g/mol. The standard InChI is InChI=1S/C7H11N3O3/c1-10-6(13-2)4(3-9-10)5(8)7(11)12/h3,5H,8H2,1-2H3,(H,11,12). The van der Waals surface area contributed by atoms with Crippen LogP contribution in [0.1, 0.15) is 11.6 Å². The van der Waals surface area contributed by atoms with Crippen LogP contribution in [0.5, 0.6) is 5.88 Å². The molecule has 1 aromatic heterocycles. The van der Waals surface area contributed by atoms with Crippen LogP contribution in [0.3, 0.4) is 0 Å². The number of carboxylic acids is 1. The molecule has 0 aliphatic heterocycles. The number of aliphatic carboxylic acids is 1. The van der Waals surface area contributed by atoms with Gasteiger partial charge in [0.15, 0.2) is 0 Å². The highest BCUT2D eigenvalue weighted by molar-refractivity contribution is 5.75. The predicted molar refractivity (Wildman–Crippen MR) is 44.3 cm³/mol. The van der Waals surface area contributed by atoms with Gasteiger partial charge in [-0.05, 0) is 0 Å². The Morgan fingerprint density at radius 1 is 1.85 bits per heavy atom. The number of ether oxygens (including phenoxy) is 1. The highest BCUT2D eigenvalue weighted by Gasteiger charge is 2.21. The Labute approximate surface area is 74.9 Å². The summed E-state index contributed by atoms with van der Waals surface area (Å²) in [6, 6.07) is -1.09. The third kappa shape index (κ3) is 1.62. The Morgan fingerprint density at radius 2 is 2.46 bits per heavy atom. The van der Waals surface area contributed by atoms with E-state index in [-0.39, 0.29) is 0 Å². The van der Waals surface area contributed by atoms with E-state index in [4.69, 9.17) is 15.6 Å². The Kier molecular flexibility index (Phi) is 2.52. The van der Waals surface area contributed by atoms with Gasteiger partial charge in [-0.1, -0.05) is 0 Å². The molecule has 0 saturated heterocycles. The minimum Gasteiger partial charge on any atom is -0.481 e. The van der Waals surface area contributed by atoms with Gasteiger partial charge in [-0.3, -0.25) is 4.79 Å². The van der Waals surface area contributed by atoms with Crippen molar-refractivity contribution in [3.63, 3.8) is 0 Å². The molecule has 1 rings (SSSR count). The van der Waals surface area contributed by atoms with E-state index in [0.717, 1.165) is 0 Å². The molecule has 0 aliphatic rings. The zero-order valence-corrected chi connectivity index (χ0v) is 7.39. The van der Waals surface area contributed by atoms with Gasteiger partial charge in [-0.2, -0.15) is 5.10 Å². The van der Waals surface area contributed by atoms with Crippen LogP contribution in [-0.4, -0.2) is 28.0 Å². The van der Waals surface area contributed by atoms with Crippen molar-refractivity contribution in [2.24, 2.45) is 12.8 Å². The lowest BCUT2D eigenvalue weighted by Gasteiger charge is -2.06. The Bertz CT molecular complexity index is 321. The first-order valence-electron chi connectivity index (χ1n) is 3.62. The van der Waals surface area contributed by atoms with Gasteiger partial charge < -0.3 is 15.6 Å². The fourth-order valence-corrected chi connectivity index (χ4v) is 1.04. The molecule has 6 nitrogen and oxygen atoms in total. The molecule has 3 N–H and O–H groups in total. The predicted octanol–water partition coefficient (Wildman–Crippen LogP) is -0.487. The molecule has 1 atom stereocenters. The van der Waals surface area contributed by atoms with E-state index in [1.54, 1.807) is 7.05 Å². The van der Waals surface area contributed by atoms with E-state index in [1.807, 2.05) is 0 Å². The largest absolute Gasteiger partial charge is 0.481 e. The van der Waals surface area contributed by atoms with Crippen LogP contribution < -0.4 is 10.5 Å². The first-order chi connectivity index (χ1) is 6.07. The molecule has 72 valence electrons. The summed E-state index contributed by atoms with van der Waals surface area (Å²) in [5.74, 6) is -0.735. The van der Waals surface area contributed by atoms with E-state index < -0.39 is 12.0 Å². The number of carbonyl (C=O) groups is 1. The summed E-state index contributed by atoms with van der Waals surface area (Å²) in [7, 11) is 3.09. The van der Waals surface area contributed by atoms with Crippen LogP contribution in [0, 0.1) is 0 Å². The van der Waals surface area contributed by atoms with Gasteiger partial charge in [0.1, 0.15) is 6.04 Å². The molecule has 1 aromatic rings. The minimum atomic E-state index is -1.11. The van der Waals surface area contributed by atoms with E-state index in [9.17, 15) is 4.79 Å². The van der Waals surface area contributed by atoms with Gasteiger partial charge in [0.2, 0.25) is 5.88 Å². The van der Waals surface area contributed by atoms with Crippen LogP contribution in [0.4, 0.5) is 0 Å². The van der Waals surface area contributed by atoms with Crippen molar-refractivity contribution in [1.29, 1.82) is 0 Å². The van der Waals surface area contributed by atoms with Crippen LogP contribution >= 0.6 is 0 Å². The first kappa shape index (κ1) is 9.53. The van der Waals surface area contributed by atoms with Crippen LogP contribution in [0.25, 0.3) is 0 Å². The molecule has 1 heterocycles. The summed E-state index contributed by atoms with van der Waals surface area (Å²) in [6.07, 6.45) is 1.39. The molecule has 0 aliphatic carbocycles. The number of hydrogen-bond donors (Lipinski definition) is 2. The van der Waals surface area contributed by atoms with Gasteiger partial charge in [-0.15, -0.1) is 0 Å². The van der Waals surface area contributed by atoms with Gasteiger partial charge in [0.05, 0.1) is 18.9 Å². The maximum Gasteiger partial charge on any atom is 0.325 e. The molecule has 0 aromatic carbocycles. The smallest absolute Gasteiger partial charge is 0.325 e. The average Bonchev–Trinajstić information content (AvgIpc) is 2.45. The lowest BCUT2D eigenvalue weighted by Crippen LogP contribution is -2.20. The molecule has 0 bridgehead atoms. The number of nitrogens with zero attached hydrogens (tertiary/aromatic N) is 2. The molecular formula is C7H11N3O3. The first-order valence-corrected chi connectivity index (χ1v) is 3.62. The second-order valence-electron chi connectivity index (χ2n) is 2.55. The highest BCUT2D eigenvalue weighted by atomic mass is 16.5. The van der Waals surface area contributed by atoms with Crippen LogP contribution in [-0.2, 0) is 11.8 Å². The van der Waals surface area contributed by atoms with Crippen molar-refractivity contribution in [2.75, 3.05) is 7.11 Å². The van der Waals surface area contributed by atoms with Crippen molar-refractivity contribution in [2.45, 2.75) is 6.04 Å². The molecule has 0 radical (unpaired) electrons. The van der Waals surface area contributed by atoms with Gasteiger partial charge >= 0.3 is 5.97 Å². The highest BCUT2D eigenvalue weighted by Crippen LogP contribution is 2.22. The number of nitrogens with two attached hydrogens (primary N) is 1. The zero-order chi connectivity index (χ0) is 10.0. The molecule has 1 unspecified atom stereocenters. The number of aryl methyl sites for hydroxylation is 1. The molecule has 0 spiro atoms. The summed E-state index contributed by atoms with van der Waals surface area (Å²) in [5.41, 5.74) is 5.77. The van der Waals surface area contributed by atoms with E-state index in [0.29, 0.717) is 11.4 Å². The fourth-order valence-electron chi connectivity index (χ4n) is 1.04. The SMILES string of the molecule is COc1c(C(N)C(=O)O)cnn1C. The Balaban J connectivity index is 3.06. The van der Waals surface area contributed by atoms with Crippen LogP contribution in [0.15, 0.2) is 6.20 Å². The second-order valence-corrected chi connectivity index (χ2v) is 2.55. The van der Waals surface area contributed by atoms with Crippen molar-refractivity contribution in [3.05, 3.63) is 11.8 Å². The number of aromatic nitrogens is 2. The Morgan fingerprint density at radius 3 is 2.92 bits per heavy atom. The third-order valence-electron chi connectivity index (χ3n) is 1.71. The minimum absolute atomic E-state index is 0.370. The van der Waals surface area contributed by atoms with Crippen molar-refractivity contribution >= 4 is 5.97 Å². The second kappa shape index (κ2) is 3.44. The number of rotatable bonds is 3. The molecule has 0 fully saturated rings. The van der Waals surface area contributed by atoms with Crippen LogP contribution in [0.2, 0.25) is 0 Å². The summed E-state index contributed by atoms with van der Waals surface area (Å²) in [4.78, 5) is 10.6. The van der Waals surface area contributed by atoms with Crippen molar-refractivity contribution in [3.8, 4) is 5.88 Å². The lowest BCUT2D eigenvalue weighted by molar-refractivity contribution is -0.138. The van der Waals surface area contributed by atoms with Crippen molar-refractivity contribution < 1.29 is 14.6 Å². The maximum absolute atomic E-state index is 10.6. The van der Waals surface area contributed by atoms with Gasteiger partial charge in [-0.25, -0.2) is 4.68 Å².